The number of hydrogen-bond donors (Lipinski definition) is 1. The fraction of sp³-hybridized carbons (Fsp3) is 0.538. The van der Waals surface area contributed by atoms with Gasteiger partial charge in [-0.2, -0.15) is 0 Å². The molecule has 1 saturated heterocycles. The Bertz CT molecular complexity index is 597. The number of imidazole rings is 1. The van der Waals surface area contributed by atoms with E-state index in [1.807, 2.05) is 18.0 Å². The van der Waals surface area contributed by atoms with Crippen molar-refractivity contribution in [2.24, 2.45) is 0 Å². The van der Waals surface area contributed by atoms with E-state index in [-0.39, 0.29) is 5.91 Å². The Labute approximate surface area is 131 Å². The van der Waals surface area contributed by atoms with E-state index < -0.39 is 0 Å². The first kappa shape index (κ1) is 14.5. The van der Waals surface area contributed by atoms with Crippen LogP contribution in [0.5, 0.6) is 0 Å². The zero-order valence-electron chi connectivity index (χ0n) is 11.8. The van der Waals surface area contributed by atoms with Crippen molar-refractivity contribution in [3.8, 4) is 0 Å². The van der Waals surface area contributed by atoms with Crippen LogP contribution in [0.4, 0.5) is 0 Å². The van der Waals surface area contributed by atoms with Crippen molar-refractivity contribution in [1.29, 1.82) is 0 Å². The van der Waals surface area contributed by atoms with Crippen LogP contribution >= 0.6 is 23.1 Å². The smallest absolute Gasteiger partial charge is 0.233 e. The van der Waals surface area contributed by atoms with Crippen molar-refractivity contribution in [2.75, 3.05) is 18.8 Å². The van der Waals surface area contributed by atoms with Gasteiger partial charge in [0.05, 0.1) is 5.75 Å². The Morgan fingerprint density at radius 3 is 3.19 bits per heavy atom. The molecule has 112 valence electrons. The number of aryl methyl sites for hydroxylation is 1. The molecule has 0 saturated carbocycles. The quantitative estimate of drug-likeness (QED) is 0.872. The molecular weight excluding hydrogens is 306 g/mol. The molecule has 6 nitrogen and oxygen atoms in total. The highest BCUT2D eigenvalue weighted by Gasteiger charge is 2.26. The summed E-state index contributed by atoms with van der Waals surface area (Å²) in [5, 5.41) is 8.93. The van der Waals surface area contributed by atoms with E-state index in [9.17, 15) is 4.79 Å². The van der Waals surface area contributed by atoms with Crippen LogP contribution in [0, 0.1) is 6.92 Å². The van der Waals surface area contributed by atoms with Crippen LogP contribution in [0.1, 0.15) is 29.6 Å². The zero-order valence-corrected chi connectivity index (χ0v) is 13.4. The van der Waals surface area contributed by atoms with E-state index in [1.165, 1.54) is 23.1 Å². The van der Waals surface area contributed by atoms with Gasteiger partial charge in [-0.1, -0.05) is 23.1 Å². The fourth-order valence-electron chi connectivity index (χ4n) is 2.48. The number of H-pyrrole nitrogens is 1. The Balaban J connectivity index is 1.54. The molecule has 1 fully saturated rings. The largest absolute Gasteiger partial charge is 0.348 e. The highest BCUT2D eigenvalue weighted by Crippen LogP contribution is 2.26. The Morgan fingerprint density at radius 2 is 2.48 bits per heavy atom. The van der Waals surface area contributed by atoms with E-state index in [1.54, 1.807) is 6.20 Å². The highest BCUT2D eigenvalue weighted by molar-refractivity contribution is 8.01. The number of carbonyl (C=O) groups excluding carboxylic acids is 1. The molecule has 0 spiro atoms. The van der Waals surface area contributed by atoms with Crippen LogP contribution in [0.2, 0.25) is 0 Å². The van der Waals surface area contributed by atoms with Gasteiger partial charge in [-0.25, -0.2) is 4.98 Å². The lowest BCUT2D eigenvalue weighted by molar-refractivity contribution is -0.129. The number of thioether (sulfide) groups is 1. The molecule has 1 aliphatic heterocycles. The highest BCUT2D eigenvalue weighted by atomic mass is 32.2. The first-order valence-corrected chi connectivity index (χ1v) is 8.72. The summed E-state index contributed by atoms with van der Waals surface area (Å²) in [4.78, 5) is 21.7. The van der Waals surface area contributed by atoms with Crippen LogP contribution in [-0.4, -0.2) is 49.8 Å². The summed E-state index contributed by atoms with van der Waals surface area (Å²) >= 11 is 3.00. The molecule has 3 rings (SSSR count). The van der Waals surface area contributed by atoms with Crippen molar-refractivity contribution >= 4 is 29.0 Å². The lowest BCUT2D eigenvalue weighted by Crippen LogP contribution is -2.40. The third-order valence-electron chi connectivity index (χ3n) is 3.51. The van der Waals surface area contributed by atoms with E-state index in [0.717, 1.165) is 41.1 Å². The molecule has 0 aliphatic carbocycles. The van der Waals surface area contributed by atoms with E-state index in [2.05, 4.69) is 20.2 Å². The maximum atomic E-state index is 12.3. The Kier molecular flexibility index (Phi) is 4.54. The van der Waals surface area contributed by atoms with E-state index >= 15 is 0 Å². The van der Waals surface area contributed by atoms with Gasteiger partial charge in [-0.05, 0) is 19.8 Å². The van der Waals surface area contributed by atoms with Crippen molar-refractivity contribution in [1.82, 2.24) is 25.1 Å². The van der Waals surface area contributed by atoms with E-state index in [4.69, 9.17) is 0 Å². The maximum Gasteiger partial charge on any atom is 0.233 e. The SMILES string of the molecule is Cc1nnc(SCC(=O)N2CCC[C@@H](c3ncc[nH]3)C2)s1. The molecule has 0 unspecified atom stereocenters. The van der Waals surface area contributed by atoms with Crippen molar-refractivity contribution in [2.45, 2.75) is 30.0 Å². The third-order valence-corrected chi connectivity index (χ3v) is 5.46. The molecule has 1 N–H and O–H groups in total. The number of carbonyl (C=O) groups is 1. The number of piperidine rings is 1. The zero-order chi connectivity index (χ0) is 14.7. The molecule has 0 bridgehead atoms. The van der Waals surface area contributed by atoms with Gasteiger partial charge >= 0.3 is 0 Å². The molecule has 1 amide bonds. The van der Waals surface area contributed by atoms with Gasteiger partial charge in [0.25, 0.3) is 0 Å². The van der Waals surface area contributed by atoms with Crippen LogP contribution < -0.4 is 0 Å². The molecular formula is C13H17N5OS2. The van der Waals surface area contributed by atoms with Crippen molar-refractivity contribution < 1.29 is 4.79 Å². The summed E-state index contributed by atoms with van der Waals surface area (Å²) in [6.07, 6.45) is 5.72. The normalized spacial score (nSPS) is 18.9. The minimum Gasteiger partial charge on any atom is -0.348 e. The summed E-state index contributed by atoms with van der Waals surface area (Å²) in [5.41, 5.74) is 0. The predicted octanol–water partition coefficient (Wildman–Crippen LogP) is 2.07. The van der Waals surface area contributed by atoms with Crippen LogP contribution in [0.15, 0.2) is 16.7 Å². The van der Waals surface area contributed by atoms with Crippen molar-refractivity contribution in [3.63, 3.8) is 0 Å². The number of aromatic amines is 1. The second-order valence-corrected chi connectivity index (χ2v) is 7.43. The van der Waals surface area contributed by atoms with Crippen LogP contribution in [-0.2, 0) is 4.79 Å². The summed E-state index contributed by atoms with van der Waals surface area (Å²) in [6, 6.07) is 0. The van der Waals surface area contributed by atoms with Crippen molar-refractivity contribution in [3.05, 3.63) is 23.2 Å². The average Bonchev–Trinajstić information content (AvgIpc) is 3.16. The number of likely N-dealkylation sites (tertiary alicyclic amines) is 1. The summed E-state index contributed by atoms with van der Waals surface area (Å²) in [6.45, 7) is 3.51. The molecule has 0 radical (unpaired) electrons. The lowest BCUT2D eigenvalue weighted by Gasteiger charge is -2.31. The molecule has 21 heavy (non-hydrogen) atoms. The van der Waals surface area contributed by atoms with Gasteiger partial charge in [0, 0.05) is 31.4 Å². The number of nitrogens with zero attached hydrogens (tertiary/aromatic N) is 4. The topological polar surface area (TPSA) is 74.8 Å². The second kappa shape index (κ2) is 6.57. The van der Waals surface area contributed by atoms with Gasteiger partial charge in [-0.3, -0.25) is 4.79 Å². The third kappa shape index (κ3) is 3.62. The average molecular weight is 323 g/mol. The van der Waals surface area contributed by atoms with Gasteiger partial charge in [0.1, 0.15) is 10.8 Å². The number of nitrogens with one attached hydrogen (secondary N) is 1. The standard InChI is InChI=1S/C13H17N5OS2/c1-9-16-17-13(21-9)20-8-11(19)18-6-2-3-10(7-18)12-14-4-5-15-12/h4-5,10H,2-3,6-8H2,1H3,(H,14,15)/t10-/m1/s1. The first-order chi connectivity index (χ1) is 10.2. The maximum absolute atomic E-state index is 12.3. The summed E-state index contributed by atoms with van der Waals surface area (Å²) in [5.74, 6) is 1.91. The summed E-state index contributed by atoms with van der Waals surface area (Å²) < 4.78 is 0.862. The number of hydrogen-bond acceptors (Lipinski definition) is 6. The van der Waals surface area contributed by atoms with Gasteiger partial charge in [-0.15, -0.1) is 10.2 Å². The van der Waals surface area contributed by atoms with Gasteiger partial charge in [0.2, 0.25) is 5.91 Å². The summed E-state index contributed by atoms with van der Waals surface area (Å²) in [7, 11) is 0. The second-order valence-electron chi connectivity index (χ2n) is 5.03. The lowest BCUT2D eigenvalue weighted by atomic mass is 9.97. The number of aromatic nitrogens is 4. The Hall–Kier alpha value is -1.41. The molecule has 1 aliphatic rings. The predicted molar refractivity (Wildman–Crippen MR) is 82.5 cm³/mol. The minimum atomic E-state index is 0.170. The Morgan fingerprint density at radius 1 is 1.57 bits per heavy atom. The monoisotopic (exact) mass is 323 g/mol. The number of amides is 1. The minimum absolute atomic E-state index is 0.170. The molecule has 2 aromatic heterocycles. The fourth-order valence-corrected chi connectivity index (χ4v) is 4.20. The molecule has 8 heteroatoms. The molecule has 3 heterocycles. The number of rotatable bonds is 4. The molecule has 0 aromatic carbocycles. The van der Waals surface area contributed by atoms with Gasteiger partial charge < -0.3 is 9.88 Å². The van der Waals surface area contributed by atoms with Crippen LogP contribution in [0.25, 0.3) is 0 Å². The molecule has 1 atom stereocenters. The van der Waals surface area contributed by atoms with E-state index in [0.29, 0.717) is 11.7 Å². The van der Waals surface area contributed by atoms with Gasteiger partial charge in [0.15, 0.2) is 4.34 Å². The van der Waals surface area contributed by atoms with Crippen LogP contribution in [0.3, 0.4) is 0 Å². The first-order valence-electron chi connectivity index (χ1n) is 6.92. The molecule has 2 aromatic rings.